The highest BCUT2D eigenvalue weighted by molar-refractivity contribution is 5.75. The molecule has 0 rings (SSSR count). The molecule has 4 nitrogen and oxygen atoms in total. The molecule has 0 aliphatic carbocycles. The van der Waals surface area contributed by atoms with Crippen molar-refractivity contribution in [2.45, 2.75) is 45.3 Å². The van der Waals surface area contributed by atoms with Gasteiger partial charge in [0, 0.05) is 13.0 Å². The van der Waals surface area contributed by atoms with Gasteiger partial charge >= 0.3 is 12.1 Å². The number of nitrogens with one attached hydrogen (secondary N) is 1. The average molecular weight is 285 g/mol. The van der Waals surface area contributed by atoms with E-state index in [9.17, 15) is 18.0 Å². The van der Waals surface area contributed by atoms with Gasteiger partial charge in [0.15, 0.2) is 0 Å². The number of halogens is 3. The summed E-state index contributed by atoms with van der Waals surface area (Å²) >= 11 is 0. The second-order valence-electron chi connectivity index (χ2n) is 4.05. The second-order valence-corrected chi connectivity index (χ2v) is 4.05. The Balaban J connectivity index is 3.88. The molecule has 0 bridgehead atoms. The molecule has 0 aromatic rings. The lowest BCUT2D eigenvalue weighted by atomic mass is 10.3. The van der Waals surface area contributed by atoms with Crippen molar-refractivity contribution in [2.24, 2.45) is 0 Å². The number of hydrogen-bond donors (Lipinski definition) is 1. The molecular formula is C12H22F3NO3. The lowest BCUT2D eigenvalue weighted by Gasteiger charge is -2.17. The van der Waals surface area contributed by atoms with E-state index in [4.69, 9.17) is 9.47 Å². The molecule has 1 N–H and O–H groups in total. The summed E-state index contributed by atoms with van der Waals surface area (Å²) in [5, 5.41) is 2.94. The number of esters is 1. The third-order valence-corrected chi connectivity index (χ3v) is 2.25. The maximum atomic E-state index is 11.9. The van der Waals surface area contributed by atoms with E-state index in [-0.39, 0.29) is 26.2 Å². The summed E-state index contributed by atoms with van der Waals surface area (Å²) in [6.45, 7) is 4.52. The molecule has 19 heavy (non-hydrogen) atoms. The van der Waals surface area contributed by atoms with Crippen LogP contribution in [0.4, 0.5) is 13.2 Å². The molecule has 0 spiro atoms. The largest absolute Gasteiger partial charge is 0.465 e. The van der Waals surface area contributed by atoms with Crippen LogP contribution < -0.4 is 5.32 Å². The lowest BCUT2D eigenvalue weighted by molar-refractivity contribution is -0.148. The quantitative estimate of drug-likeness (QED) is 0.494. The van der Waals surface area contributed by atoms with Crippen LogP contribution in [0, 0.1) is 0 Å². The molecule has 0 aromatic heterocycles. The number of ether oxygens (including phenoxy) is 2. The van der Waals surface area contributed by atoms with Crippen LogP contribution in [0.15, 0.2) is 0 Å². The Morgan fingerprint density at radius 2 is 2.00 bits per heavy atom. The maximum Gasteiger partial charge on any atom is 0.389 e. The molecule has 0 amide bonds. The van der Waals surface area contributed by atoms with Gasteiger partial charge < -0.3 is 14.8 Å². The fourth-order valence-electron chi connectivity index (χ4n) is 1.35. The Bertz CT molecular complexity index is 247. The fourth-order valence-corrected chi connectivity index (χ4v) is 1.35. The summed E-state index contributed by atoms with van der Waals surface area (Å²) in [4.78, 5) is 11.5. The van der Waals surface area contributed by atoms with E-state index in [0.29, 0.717) is 6.54 Å². The van der Waals surface area contributed by atoms with E-state index in [2.05, 4.69) is 5.32 Å². The minimum absolute atomic E-state index is 0.0245. The number of rotatable bonds is 10. The zero-order valence-electron chi connectivity index (χ0n) is 11.4. The van der Waals surface area contributed by atoms with Gasteiger partial charge in [0.2, 0.25) is 0 Å². The highest BCUT2D eigenvalue weighted by atomic mass is 19.4. The van der Waals surface area contributed by atoms with Crippen molar-refractivity contribution < 1.29 is 27.4 Å². The standard InChI is InChI=1S/C12H22F3NO3/c1-3-7-16-10(11(17)19-4-2)9-18-8-5-6-12(13,14)15/h10,16H,3-9H2,1-2H3. The summed E-state index contributed by atoms with van der Waals surface area (Å²) in [5.74, 6) is -0.438. The topological polar surface area (TPSA) is 47.6 Å². The molecule has 0 aliphatic heterocycles. The predicted molar refractivity (Wildman–Crippen MR) is 64.8 cm³/mol. The molecule has 0 saturated carbocycles. The van der Waals surface area contributed by atoms with Crippen molar-refractivity contribution in [3.05, 3.63) is 0 Å². The van der Waals surface area contributed by atoms with E-state index in [1.54, 1.807) is 6.92 Å². The summed E-state index contributed by atoms with van der Waals surface area (Å²) < 4.78 is 45.6. The van der Waals surface area contributed by atoms with Gasteiger partial charge in [-0.1, -0.05) is 6.92 Å². The highest BCUT2D eigenvalue weighted by Crippen LogP contribution is 2.20. The van der Waals surface area contributed by atoms with Crippen molar-refractivity contribution in [1.82, 2.24) is 5.32 Å². The van der Waals surface area contributed by atoms with Crippen molar-refractivity contribution in [3.63, 3.8) is 0 Å². The van der Waals surface area contributed by atoms with Gasteiger partial charge in [0.25, 0.3) is 0 Å². The Labute approximate surface area is 111 Å². The van der Waals surface area contributed by atoms with E-state index < -0.39 is 24.6 Å². The zero-order chi connectivity index (χ0) is 14.7. The normalized spacial score (nSPS) is 13.3. The van der Waals surface area contributed by atoms with Crippen molar-refractivity contribution >= 4 is 5.97 Å². The molecule has 114 valence electrons. The van der Waals surface area contributed by atoms with Crippen LogP contribution in [0.1, 0.15) is 33.1 Å². The summed E-state index contributed by atoms with van der Waals surface area (Å²) in [7, 11) is 0. The third kappa shape index (κ3) is 10.8. The monoisotopic (exact) mass is 285 g/mol. The number of carbonyl (C=O) groups is 1. The van der Waals surface area contributed by atoms with Gasteiger partial charge in [0.05, 0.1) is 13.2 Å². The van der Waals surface area contributed by atoms with Crippen LogP contribution in [0.5, 0.6) is 0 Å². The SMILES string of the molecule is CCCNC(COCCCC(F)(F)F)C(=O)OCC. The van der Waals surface area contributed by atoms with Gasteiger partial charge in [-0.3, -0.25) is 4.79 Å². The van der Waals surface area contributed by atoms with Crippen LogP contribution in [-0.4, -0.2) is 44.6 Å². The van der Waals surface area contributed by atoms with Crippen molar-refractivity contribution in [1.29, 1.82) is 0 Å². The van der Waals surface area contributed by atoms with Crippen LogP contribution >= 0.6 is 0 Å². The smallest absolute Gasteiger partial charge is 0.389 e. The first-order valence-electron chi connectivity index (χ1n) is 6.45. The molecule has 1 atom stereocenters. The van der Waals surface area contributed by atoms with Gasteiger partial charge in [-0.15, -0.1) is 0 Å². The number of alkyl halides is 3. The van der Waals surface area contributed by atoms with Crippen LogP contribution in [0.3, 0.4) is 0 Å². The molecule has 0 radical (unpaired) electrons. The van der Waals surface area contributed by atoms with E-state index in [0.717, 1.165) is 6.42 Å². The van der Waals surface area contributed by atoms with Gasteiger partial charge in [-0.05, 0) is 26.3 Å². The molecule has 7 heteroatoms. The zero-order valence-corrected chi connectivity index (χ0v) is 11.4. The van der Waals surface area contributed by atoms with Crippen LogP contribution in [0.2, 0.25) is 0 Å². The number of hydrogen-bond acceptors (Lipinski definition) is 4. The van der Waals surface area contributed by atoms with Crippen molar-refractivity contribution in [2.75, 3.05) is 26.4 Å². The first-order valence-corrected chi connectivity index (χ1v) is 6.45. The minimum atomic E-state index is -4.16. The highest BCUT2D eigenvalue weighted by Gasteiger charge is 2.26. The van der Waals surface area contributed by atoms with Crippen molar-refractivity contribution in [3.8, 4) is 0 Å². The van der Waals surface area contributed by atoms with E-state index >= 15 is 0 Å². The summed E-state index contributed by atoms with van der Waals surface area (Å²) in [5.41, 5.74) is 0. The third-order valence-electron chi connectivity index (χ3n) is 2.25. The molecular weight excluding hydrogens is 263 g/mol. The Morgan fingerprint density at radius 1 is 1.32 bits per heavy atom. The maximum absolute atomic E-state index is 11.9. The molecule has 0 saturated heterocycles. The predicted octanol–water partition coefficient (Wildman–Crippen LogP) is 2.28. The van der Waals surface area contributed by atoms with Crippen LogP contribution in [0.25, 0.3) is 0 Å². The summed E-state index contributed by atoms with van der Waals surface area (Å²) in [6, 6.07) is -0.620. The molecule has 0 fully saturated rings. The van der Waals surface area contributed by atoms with E-state index in [1.165, 1.54) is 0 Å². The average Bonchev–Trinajstić information content (AvgIpc) is 2.31. The molecule has 0 aromatic carbocycles. The van der Waals surface area contributed by atoms with Gasteiger partial charge in [-0.2, -0.15) is 13.2 Å². The van der Waals surface area contributed by atoms with E-state index in [1.807, 2.05) is 6.92 Å². The first kappa shape index (κ1) is 18.2. The van der Waals surface area contributed by atoms with Gasteiger partial charge in [-0.25, -0.2) is 0 Å². The Kier molecular flexibility index (Phi) is 9.59. The second kappa shape index (κ2) is 10.0. The summed E-state index contributed by atoms with van der Waals surface area (Å²) in [6.07, 6.45) is -4.30. The lowest BCUT2D eigenvalue weighted by Crippen LogP contribution is -2.42. The fraction of sp³-hybridized carbons (Fsp3) is 0.917. The molecule has 0 heterocycles. The Morgan fingerprint density at radius 3 is 2.53 bits per heavy atom. The van der Waals surface area contributed by atoms with Gasteiger partial charge in [0.1, 0.15) is 6.04 Å². The minimum Gasteiger partial charge on any atom is -0.465 e. The first-order chi connectivity index (χ1) is 8.90. The Hall–Kier alpha value is -0.820. The number of carbonyl (C=O) groups excluding carboxylic acids is 1. The molecule has 1 unspecified atom stereocenters. The van der Waals surface area contributed by atoms with Crippen LogP contribution in [-0.2, 0) is 14.3 Å². The molecule has 0 aliphatic rings.